The zero-order valence-electron chi connectivity index (χ0n) is 28.0. The summed E-state index contributed by atoms with van der Waals surface area (Å²) in [7, 11) is 0. The fourth-order valence-corrected chi connectivity index (χ4v) is 9.08. The van der Waals surface area contributed by atoms with Gasteiger partial charge >= 0.3 is 0 Å². The van der Waals surface area contributed by atoms with Crippen molar-refractivity contribution in [1.29, 1.82) is 0 Å². The number of hydrogen-bond acceptors (Lipinski definition) is 8. The Hall–Kier alpha value is -4.68. The van der Waals surface area contributed by atoms with Crippen LogP contribution in [-0.4, -0.2) is 73.0 Å². The number of rotatable bonds is 5. The van der Waals surface area contributed by atoms with Gasteiger partial charge in [0.2, 0.25) is 17.7 Å². The van der Waals surface area contributed by atoms with Gasteiger partial charge in [0, 0.05) is 52.6 Å². The summed E-state index contributed by atoms with van der Waals surface area (Å²) in [6.07, 6.45) is 2.33. The normalized spacial score (nSPS) is 20.6. The number of amides is 4. The number of aryl methyl sites for hydroxylation is 2. The van der Waals surface area contributed by atoms with Crippen molar-refractivity contribution in [3.63, 3.8) is 0 Å². The summed E-state index contributed by atoms with van der Waals surface area (Å²) in [6, 6.07) is 12.5. The number of aliphatic imine (C=N–C) groups is 1. The first-order valence-electron chi connectivity index (χ1n) is 17.0. The molecule has 4 aromatic rings. The predicted molar refractivity (Wildman–Crippen MR) is 189 cm³/mol. The lowest BCUT2D eigenvalue weighted by molar-refractivity contribution is -0.137. The van der Waals surface area contributed by atoms with Crippen molar-refractivity contribution in [2.24, 2.45) is 4.99 Å². The third-order valence-electron chi connectivity index (χ3n) is 10.6. The van der Waals surface area contributed by atoms with Crippen molar-refractivity contribution >= 4 is 52.3 Å². The van der Waals surface area contributed by atoms with Crippen LogP contribution >= 0.6 is 22.9 Å². The van der Waals surface area contributed by atoms with Crippen LogP contribution in [0.1, 0.15) is 98.8 Å². The highest BCUT2D eigenvalue weighted by molar-refractivity contribution is 7.15. The fraction of sp³-hybridized carbons (Fsp3) is 0.378. The summed E-state index contributed by atoms with van der Waals surface area (Å²) >= 11 is 7.94. The first-order valence-corrected chi connectivity index (χ1v) is 18.2. The lowest BCUT2D eigenvalue weighted by atomic mass is 9.87. The number of halogens is 1. The van der Waals surface area contributed by atoms with Crippen molar-refractivity contribution in [2.75, 3.05) is 13.1 Å². The molecule has 1 N–H and O–H groups in total. The number of fused-ring (bicyclic) bond motifs is 4. The number of carbonyl (C=O) groups is 4. The summed E-state index contributed by atoms with van der Waals surface area (Å²) in [6.45, 7) is 7.72. The second-order valence-electron chi connectivity index (χ2n) is 13.6. The first-order chi connectivity index (χ1) is 24.1. The quantitative estimate of drug-likeness (QED) is 0.278. The molecular weight excluding hydrogens is 674 g/mol. The van der Waals surface area contributed by atoms with E-state index in [2.05, 4.69) is 40.0 Å². The average molecular weight is 710 g/mol. The molecule has 13 heteroatoms. The highest BCUT2D eigenvalue weighted by Crippen LogP contribution is 2.40. The van der Waals surface area contributed by atoms with E-state index in [1.54, 1.807) is 16.2 Å². The van der Waals surface area contributed by atoms with Crippen LogP contribution in [-0.2, 0) is 20.9 Å². The minimum atomic E-state index is -0.636. The molecule has 6 heterocycles. The standard InChI is InChI=1S/C37H36ClN7O4S/c1-19-20(2)50-37-32(19)33(23-4-7-26(38)8-5-23)39-28(34-42-41-21(3)45(34)37)17-31(47)43-14-12-22(13-15-43)24-6-9-27-25(16-24)18-44(36(27)49)29-10-11-30(46)40-35(29)48/h4-9,16,22,28-29H,10-15,17-18H2,1-3H3,(H,40,46,48)/t28-,29?/m0/s1. The summed E-state index contributed by atoms with van der Waals surface area (Å²) in [4.78, 5) is 61.2. The molecule has 4 aliphatic rings. The van der Waals surface area contributed by atoms with Gasteiger partial charge in [-0.3, -0.25) is 34.1 Å². The van der Waals surface area contributed by atoms with Gasteiger partial charge in [-0.25, -0.2) is 0 Å². The molecule has 0 spiro atoms. The van der Waals surface area contributed by atoms with Crippen LogP contribution in [0.2, 0.25) is 5.02 Å². The highest BCUT2D eigenvalue weighted by atomic mass is 35.5. The molecule has 0 aliphatic carbocycles. The summed E-state index contributed by atoms with van der Waals surface area (Å²) < 4.78 is 2.07. The van der Waals surface area contributed by atoms with Gasteiger partial charge in [-0.15, -0.1) is 21.5 Å². The minimum absolute atomic E-state index is 0.0254. The van der Waals surface area contributed by atoms with Crippen molar-refractivity contribution in [2.45, 2.75) is 77.4 Å². The van der Waals surface area contributed by atoms with Gasteiger partial charge < -0.3 is 9.80 Å². The van der Waals surface area contributed by atoms with E-state index in [1.807, 2.05) is 48.2 Å². The summed E-state index contributed by atoms with van der Waals surface area (Å²) in [5.74, 6) is 0.801. The van der Waals surface area contributed by atoms with Crippen LogP contribution in [0.3, 0.4) is 0 Å². The first kappa shape index (κ1) is 32.5. The second-order valence-corrected chi connectivity index (χ2v) is 15.2. The third kappa shape index (κ3) is 5.54. The maximum Gasteiger partial charge on any atom is 0.255 e. The van der Waals surface area contributed by atoms with E-state index >= 15 is 0 Å². The SMILES string of the molecule is Cc1sc2c(c1C)C(c1ccc(Cl)cc1)=N[C@@H](CC(=O)N1CCC(c3ccc4c(c3)CN(C3CCC(=O)NC3=O)C4=O)CC1)c1nnc(C)n1-2. The largest absolute Gasteiger partial charge is 0.343 e. The van der Waals surface area contributed by atoms with Crippen molar-refractivity contribution < 1.29 is 19.2 Å². The molecule has 0 saturated carbocycles. The number of aromatic nitrogens is 3. The zero-order chi connectivity index (χ0) is 34.8. The lowest BCUT2D eigenvalue weighted by Gasteiger charge is -2.33. The number of hydrogen-bond donors (Lipinski definition) is 1. The van der Waals surface area contributed by atoms with E-state index in [0.29, 0.717) is 42.5 Å². The molecule has 256 valence electrons. The van der Waals surface area contributed by atoms with E-state index in [-0.39, 0.29) is 36.5 Å². The maximum absolute atomic E-state index is 14.0. The van der Waals surface area contributed by atoms with Gasteiger partial charge in [-0.1, -0.05) is 35.9 Å². The maximum atomic E-state index is 14.0. The van der Waals surface area contributed by atoms with E-state index in [1.165, 1.54) is 4.88 Å². The molecule has 2 atom stereocenters. The Morgan fingerprint density at radius 3 is 2.50 bits per heavy atom. The molecule has 11 nitrogen and oxygen atoms in total. The van der Waals surface area contributed by atoms with Crippen LogP contribution in [0, 0.1) is 20.8 Å². The van der Waals surface area contributed by atoms with Crippen LogP contribution in [0.4, 0.5) is 0 Å². The molecule has 4 amide bonds. The Balaban J connectivity index is 0.993. The van der Waals surface area contributed by atoms with Gasteiger partial charge in [-0.05, 0) is 80.8 Å². The van der Waals surface area contributed by atoms with Gasteiger partial charge in [0.25, 0.3) is 5.91 Å². The molecule has 0 radical (unpaired) electrons. The second kappa shape index (κ2) is 12.6. The predicted octanol–water partition coefficient (Wildman–Crippen LogP) is 5.36. The topological polar surface area (TPSA) is 130 Å². The molecule has 8 rings (SSSR count). The molecule has 2 aromatic heterocycles. The highest BCUT2D eigenvalue weighted by Gasteiger charge is 2.40. The Kier molecular flexibility index (Phi) is 8.18. The molecule has 2 aromatic carbocycles. The molecule has 1 unspecified atom stereocenters. The number of thiophene rings is 1. The molecular formula is C37H36ClN7O4S. The number of benzene rings is 2. The number of imide groups is 1. The zero-order valence-corrected chi connectivity index (χ0v) is 29.6. The van der Waals surface area contributed by atoms with Gasteiger partial charge in [0.1, 0.15) is 22.9 Å². The van der Waals surface area contributed by atoms with Crippen molar-refractivity contribution in [1.82, 2.24) is 29.9 Å². The fourth-order valence-electron chi connectivity index (χ4n) is 7.74. The number of likely N-dealkylation sites (tertiary alicyclic amines) is 1. The monoisotopic (exact) mass is 709 g/mol. The third-order valence-corrected chi connectivity index (χ3v) is 12.0. The Morgan fingerprint density at radius 2 is 1.76 bits per heavy atom. The Labute approximate surface area is 298 Å². The average Bonchev–Trinajstić information content (AvgIpc) is 3.71. The van der Waals surface area contributed by atoms with Crippen LogP contribution in [0.25, 0.3) is 5.00 Å². The van der Waals surface area contributed by atoms with E-state index in [9.17, 15) is 19.2 Å². The van der Waals surface area contributed by atoms with Crippen LogP contribution in [0.5, 0.6) is 0 Å². The van der Waals surface area contributed by atoms with Crippen LogP contribution in [0.15, 0.2) is 47.5 Å². The summed E-state index contributed by atoms with van der Waals surface area (Å²) in [5.41, 5.74) is 6.58. The molecule has 2 saturated heterocycles. The van der Waals surface area contributed by atoms with Gasteiger partial charge in [0.05, 0.1) is 12.1 Å². The molecule has 50 heavy (non-hydrogen) atoms. The van der Waals surface area contributed by atoms with Crippen molar-refractivity contribution in [3.8, 4) is 5.00 Å². The van der Waals surface area contributed by atoms with E-state index < -0.39 is 18.0 Å². The Morgan fingerprint density at radius 1 is 1.00 bits per heavy atom. The van der Waals surface area contributed by atoms with E-state index in [4.69, 9.17) is 16.6 Å². The van der Waals surface area contributed by atoms with Crippen molar-refractivity contribution in [3.05, 3.63) is 97.4 Å². The molecule has 4 aliphatic heterocycles. The van der Waals surface area contributed by atoms with E-state index in [0.717, 1.165) is 57.2 Å². The molecule has 0 bridgehead atoms. The number of piperidine rings is 2. The number of carbonyl (C=O) groups excluding carboxylic acids is 4. The molecule has 2 fully saturated rings. The lowest BCUT2D eigenvalue weighted by Crippen LogP contribution is -2.52. The smallest absolute Gasteiger partial charge is 0.255 e. The van der Waals surface area contributed by atoms with Crippen LogP contribution < -0.4 is 5.32 Å². The summed E-state index contributed by atoms with van der Waals surface area (Å²) in [5, 5.41) is 13.0. The minimum Gasteiger partial charge on any atom is -0.343 e. The number of nitrogens with zero attached hydrogens (tertiary/aromatic N) is 6. The Bertz CT molecular complexity index is 2110. The number of nitrogens with one attached hydrogen (secondary N) is 1. The van der Waals surface area contributed by atoms with Gasteiger partial charge in [-0.2, -0.15) is 0 Å². The van der Waals surface area contributed by atoms with Gasteiger partial charge in [0.15, 0.2) is 5.82 Å².